The van der Waals surface area contributed by atoms with Crippen LogP contribution >= 0.6 is 23.5 Å². The van der Waals surface area contributed by atoms with Crippen molar-refractivity contribution in [2.24, 2.45) is 0 Å². The van der Waals surface area contributed by atoms with E-state index in [-0.39, 0.29) is 5.56 Å². The highest BCUT2D eigenvalue weighted by Crippen LogP contribution is 2.18. The Balaban J connectivity index is 1.95. The molecule has 3 rings (SSSR count). The Morgan fingerprint density at radius 2 is 2.05 bits per heavy atom. The van der Waals surface area contributed by atoms with Crippen LogP contribution in [0.2, 0.25) is 0 Å². The van der Waals surface area contributed by atoms with Crippen LogP contribution in [-0.2, 0) is 0 Å². The molecule has 1 N–H and O–H groups in total. The van der Waals surface area contributed by atoms with E-state index in [0.29, 0.717) is 16.2 Å². The van der Waals surface area contributed by atoms with Crippen molar-refractivity contribution in [2.75, 3.05) is 17.3 Å². The molecule has 0 amide bonds. The molecule has 0 saturated carbocycles. The van der Waals surface area contributed by atoms with Crippen molar-refractivity contribution in [1.29, 1.82) is 0 Å². The second-order valence-corrected chi connectivity index (χ2v) is 7.02. The molecular weight excluding hydrogens is 316 g/mol. The number of aromatic amines is 1. The van der Waals surface area contributed by atoms with E-state index in [0.717, 1.165) is 22.9 Å². The van der Waals surface area contributed by atoms with E-state index in [1.54, 1.807) is 22.6 Å². The van der Waals surface area contributed by atoms with Crippen molar-refractivity contribution in [1.82, 2.24) is 19.7 Å². The fraction of sp³-hybridized carbons (Fsp3) is 0.267. The Morgan fingerprint density at radius 3 is 2.82 bits per heavy atom. The summed E-state index contributed by atoms with van der Waals surface area (Å²) in [6, 6.07) is 9.71. The second kappa shape index (κ2) is 7.02. The monoisotopic (exact) mass is 332 g/mol. The summed E-state index contributed by atoms with van der Waals surface area (Å²) in [6.45, 7) is 2.14. The summed E-state index contributed by atoms with van der Waals surface area (Å²) in [5, 5.41) is 5.45. The van der Waals surface area contributed by atoms with Crippen molar-refractivity contribution in [3.8, 4) is 5.69 Å². The zero-order valence-corrected chi connectivity index (χ0v) is 13.8. The number of hydrogen-bond donors (Lipinski definition) is 1. The molecule has 0 bridgehead atoms. The normalized spacial score (nSPS) is 11.1. The van der Waals surface area contributed by atoms with Crippen LogP contribution in [0.3, 0.4) is 0 Å². The van der Waals surface area contributed by atoms with Crippen molar-refractivity contribution < 1.29 is 0 Å². The zero-order valence-electron chi connectivity index (χ0n) is 12.2. The minimum Gasteiger partial charge on any atom is -0.301 e. The second-order valence-electron chi connectivity index (χ2n) is 4.55. The SMILES string of the molecule is CCSCCSc1nc2c(cnn2-c2ccccc2)c(=O)[nH]1. The van der Waals surface area contributed by atoms with E-state index in [1.165, 1.54) is 0 Å². The van der Waals surface area contributed by atoms with Crippen LogP contribution in [0.25, 0.3) is 16.7 Å². The largest absolute Gasteiger partial charge is 0.301 e. The average Bonchev–Trinajstić information content (AvgIpc) is 2.97. The molecule has 5 nitrogen and oxygen atoms in total. The lowest BCUT2D eigenvalue weighted by Crippen LogP contribution is -2.10. The number of para-hydroxylation sites is 1. The molecule has 0 radical (unpaired) electrons. The molecule has 2 heterocycles. The summed E-state index contributed by atoms with van der Waals surface area (Å²) in [7, 11) is 0. The van der Waals surface area contributed by atoms with Crippen LogP contribution < -0.4 is 5.56 Å². The maximum absolute atomic E-state index is 12.2. The first-order valence-corrected chi connectivity index (χ1v) is 9.17. The van der Waals surface area contributed by atoms with Gasteiger partial charge in [-0.1, -0.05) is 36.9 Å². The molecule has 0 unspecified atom stereocenters. The summed E-state index contributed by atoms with van der Waals surface area (Å²) < 4.78 is 1.70. The number of nitrogens with zero attached hydrogens (tertiary/aromatic N) is 3. The number of benzene rings is 1. The highest BCUT2D eigenvalue weighted by atomic mass is 32.2. The van der Waals surface area contributed by atoms with E-state index in [1.807, 2.05) is 42.1 Å². The van der Waals surface area contributed by atoms with Crippen molar-refractivity contribution >= 4 is 34.6 Å². The van der Waals surface area contributed by atoms with Crippen LogP contribution in [0.1, 0.15) is 6.92 Å². The summed E-state index contributed by atoms with van der Waals surface area (Å²) in [6.07, 6.45) is 1.57. The first kappa shape index (κ1) is 15.2. The van der Waals surface area contributed by atoms with Gasteiger partial charge in [0.2, 0.25) is 0 Å². The quantitative estimate of drug-likeness (QED) is 0.427. The van der Waals surface area contributed by atoms with Gasteiger partial charge in [0, 0.05) is 11.5 Å². The highest BCUT2D eigenvalue weighted by Gasteiger charge is 2.11. The third kappa shape index (κ3) is 3.20. The number of thioether (sulfide) groups is 2. The fourth-order valence-electron chi connectivity index (χ4n) is 2.07. The van der Waals surface area contributed by atoms with Crippen LogP contribution in [0, 0.1) is 0 Å². The Morgan fingerprint density at radius 1 is 1.23 bits per heavy atom. The van der Waals surface area contributed by atoms with Crippen molar-refractivity contribution in [2.45, 2.75) is 12.1 Å². The number of hydrogen-bond acceptors (Lipinski definition) is 5. The van der Waals surface area contributed by atoms with E-state index >= 15 is 0 Å². The minimum atomic E-state index is -0.141. The molecule has 0 aliphatic rings. The molecule has 114 valence electrons. The van der Waals surface area contributed by atoms with Gasteiger partial charge in [-0.15, -0.1) is 0 Å². The molecule has 1 aromatic carbocycles. The van der Waals surface area contributed by atoms with Crippen LogP contribution in [0.4, 0.5) is 0 Å². The van der Waals surface area contributed by atoms with E-state index in [9.17, 15) is 4.79 Å². The van der Waals surface area contributed by atoms with Crippen molar-refractivity contribution in [3.63, 3.8) is 0 Å². The number of rotatable bonds is 6. The molecular formula is C15H16N4OS2. The third-order valence-corrected chi connectivity index (χ3v) is 5.12. The Kier molecular flexibility index (Phi) is 4.84. The van der Waals surface area contributed by atoms with Gasteiger partial charge in [-0.3, -0.25) is 4.79 Å². The van der Waals surface area contributed by atoms with Crippen LogP contribution in [-0.4, -0.2) is 37.0 Å². The maximum atomic E-state index is 12.2. The van der Waals surface area contributed by atoms with E-state index in [4.69, 9.17) is 0 Å². The first-order valence-electron chi connectivity index (χ1n) is 7.03. The average molecular weight is 332 g/mol. The molecule has 0 atom stereocenters. The molecule has 0 saturated heterocycles. The molecule has 2 aromatic heterocycles. The van der Waals surface area contributed by atoms with E-state index in [2.05, 4.69) is 22.0 Å². The number of H-pyrrole nitrogens is 1. The van der Waals surface area contributed by atoms with Gasteiger partial charge in [0.1, 0.15) is 5.39 Å². The molecule has 22 heavy (non-hydrogen) atoms. The van der Waals surface area contributed by atoms with E-state index < -0.39 is 0 Å². The predicted octanol–water partition coefficient (Wildman–Crippen LogP) is 2.95. The van der Waals surface area contributed by atoms with Gasteiger partial charge in [0.25, 0.3) is 5.56 Å². The molecule has 7 heteroatoms. The minimum absolute atomic E-state index is 0.141. The highest BCUT2D eigenvalue weighted by molar-refractivity contribution is 8.02. The Bertz CT molecular complexity index is 813. The lowest BCUT2D eigenvalue weighted by Gasteiger charge is -2.04. The number of aromatic nitrogens is 4. The third-order valence-electron chi connectivity index (χ3n) is 3.09. The molecule has 3 aromatic rings. The smallest absolute Gasteiger partial charge is 0.262 e. The van der Waals surface area contributed by atoms with Gasteiger partial charge in [-0.05, 0) is 17.9 Å². The summed E-state index contributed by atoms with van der Waals surface area (Å²) in [5.74, 6) is 3.07. The van der Waals surface area contributed by atoms with Crippen LogP contribution in [0.5, 0.6) is 0 Å². The van der Waals surface area contributed by atoms with Gasteiger partial charge in [0.05, 0.1) is 11.9 Å². The standard InChI is InChI=1S/C15H16N4OS2/c1-2-21-8-9-22-15-17-13-12(14(20)18-15)10-16-19(13)11-6-4-3-5-7-11/h3-7,10H,2,8-9H2,1H3,(H,17,18,20). The Labute approximate surface area is 136 Å². The Hall–Kier alpha value is -1.73. The molecule has 0 aliphatic heterocycles. The number of fused-ring (bicyclic) bond motifs is 1. The summed E-state index contributed by atoms with van der Waals surface area (Å²) in [4.78, 5) is 19.6. The van der Waals surface area contributed by atoms with Gasteiger partial charge in [-0.25, -0.2) is 9.67 Å². The first-order chi connectivity index (χ1) is 10.8. The molecule has 0 fully saturated rings. The fourth-order valence-corrected chi connectivity index (χ4v) is 3.67. The van der Waals surface area contributed by atoms with Gasteiger partial charge in [0.15, 0.2) is 10.8 Å². The lowest BCUT2D eigenvalue weighted by molar-refractivity contribution is 0.873. The van der Waals surface area contributed by atoms with Gasteiger partial charge < -0.3 is 4.98 Å². The summed E-state index contributed by atoms with van der Waals surface area (Å²) in [5.41, 5.74) is 1.35. The van der Waals surface area contributed by atoms with Gasteiger partial charge >= 0.3 is 0 Å². The zero-order chi connectivity index (χ0) is 15.4. The van der Waals surface area contributed by atoms with Gasteiger partial charge in [-0.2, -0.15) is 16.9 Å². The molecule has 0 spiro atoms. The topological polar surface area (TPSA) is 63.6 Å². The lowest BCUT2D eigenvalue weighted by atomic mass is 10.3. The summed E-state index contributed by atoms with van der Waals surface area (Å²) >= 11 is 3.45. The molecule has 0 aliphatic carbocycles. The number of nitrogens with one attached hydrogen (secondary N) is 1. The van der Waals surface area contributed by atoms with Crippen LogP contribution in [0.15, 0.2) is 46.5 Å². The predicted molar refractivity (Wildman–Crippen MR) is 93.2 cm³/mol. The maximum Gasteiger partial charge on any atom is 0.262 e. The van der Waals surface area contributed by atoms with Crippen molar-refractivity contribution in [3.05, 3.63) is 46.9 Å².